The Hall–Kier alpha value is -1.50. The molecule has 2 aromatic rings. The van der Waals surface area contributed by atoms with Crippen molar-refractivity contribution in [3.8, 4) is 0 Å². The number of likely N-dealkylation sites (N-methyl/N-ethyl adjacent to an activating group) is 1. The van der Waals surface area contributed by atoms with Crippen molar-refractivity contribution >= 4 is 48.8 Å². The fourth-order valence-corrected chi connectivity index (χ4v) is 3.48. The summed E-state index contributed by atoms with van der Waals surface area (Å²) in [6, 6.07) is 18.2. The Morgan fingerprint density at radius 2 is 1.79 bits per heavy atom. The van der Waals surface area contributed by atoms with E-state index in [2.05, 4.69) is 52.5 Å². The van der Waals surface area contributed by atoms with Crippen molar-refractivity contribution in [1.82, 2.24) is 15.1 Å². The maximum Gasteiger partial charge on any atom is 0.251 e. The molecule has 3 N–H and O–H groups in total. The van der Waals surface area contributed by atoms with Crippen molar-refractivity contribution in [2.45, 2.75) is 12.5 Å². The highest BCUT2D eigenvalue weighted by molar-refractivity contribution is 5.94. The molecule has 1 atom stereocenters. The third-order valence-electron chi connectivity index (χ3n) is 4.94. The number of nitrogens with two attached hydrogens (primary N) is 1. The van der Waals surface area contributed by atoms with E-state index in [1.165, 1.54) is 5.56 Å². The summed E-state index contributed by atoms with van der Waals surface area (Å²) in [5.74, 6) is -0.0599. The van der Waals surface area contributed by atoms with Crippen LogP contribution in [0.5, 0.6) is 0 Å². The third-order valence-corrected chi connectivity index (χ3v) is 4.94. The Kier molecular flexibility index (Phi) is 13.0. The average molecular weight is 462 g/mol. The van der Waals surface area contributed by atoms with Crippen molar-refractivity contribution in [2.75, 3.05) is 45.5 Å². The molecule has 1 amide bonds. The number of hydrogen-bond acceptors (Lipinski definition) is 4. The molecule has 3 rings (SSSR count). The number of benzene rings is 2. The second-order valence-corrected chi connectivity index (χ2v) is 6.96. The summed E-state index contributed by atoms with van der Waals surface area (Å²) in [6.07, 6.45) is 0.932. The number of halogens is 3. The highest BCUT2D eigenvalue weighted by Crippen LogP contribution is 2.24. The number of carbonyl (C=O) groups is 1. The van der Waals surface area contributed by atoms with E-state index in [1.54, 1.807) is 24.3 Å². The summed E-state index contributed by atoms with van der Waals surface area (Å²) < 4.78 is 0. The minimum absolute atomic E-state index is 0. The molecule has 1 aliphatic heterocycles. The van der Waals surface area contributed by atoms with Crippen LogP contribution in [0.3, 0.4) is 0 Å². The maximum atomic E-state index is 12.2. The lowest BCUT2D eigenvalue weighted by Gasteiger charge is -2.40. The van der Waals surface area contributed by atoms with Crippen molar-refractivity contribution in [2.24, 2.45) is 0 Å². The van der Waals surface area contributed by atoms with Gasteiger partial charge in [0.25, 0.3) is 5.91 Å². The molecule has 0 radical (unpaired) electrons. The molecule has 0 aliphatic carbocycles. The third kappa shape index (κ3) is 8.03. The van der Waals surface area contributed by atoms with Crippen LogP contribution < -0.4 is 11.1 Å². The predicted octanol–water partition coefficient (Wildman–Crippen LogP) is 3.64. The van der Waals surface area contributed by atoms with Crippen molar-refractivity contribution in [1.29, 1.82) is 0 Å². The largest absolute Gasteiger partial charge is 0.399 e. The zero-order valence-electron chi connectivity index (χ0n) is 16.6. The van der Waals surface area contributed by atoms with Gasteiger partial charge in [-0.1, -0.05) is 36.4 Å². The van der Waals surface area contributed by atoms with Gasteiger partial charge < -0.3 is 16.0 Å². The molecule has 8 heteroatoms. The summed E-state index contributed by atoms with van der Waals surface area (Å²) in [7, 11) is 2.18. The maximum absolute atomic E-state index is 12.2. The van der Waals surface area contributed by atoms with Gasteiger partial charge in [-0.3, -0.25) is 9.69 Å². The first-order chi connectivity index (χ1) is 12.6. The molecule has 1 fully saturated rings. The molecule has 1 unspecified atom stereocenters. The molecular weight excluding hydrogens is 431 g/mol. The molecule has 1 saturated heterocycles. The van der Waals surface area contributed by atoms with E-state index in [9.17, 15) is 4.79 Å². The van der Waals surface area contributed by atoms with Crippen LogP contribution in [-0.2, 0) is 0 Å². The van der Waals surface area contributed by atoms with Gasteiger partial charge in [-0.2, -0.15) is 0 Å². The van der Waals surface area contributed by atoms with Crippen molar-refractivity contribution in [3.63, 3.8) is 0 Å². The molecule has 0 aromatic heterocycles. The van der Waals surface area contributed by atoms with Crippen LogP contribution in [0.25, 0.3) is 0 Å². The number of nitrogens with zero attached hydrogens (tertiary/aromatic N) is 2. The fourth-order valence-electron chi connectivity index (χ4n) is 3.48. The monoisotopic (exact) mass is 460 g/mol. The fraction of sp³-hybridized carbons (Fsp3) is 0.381. The Balaban J connectivity index is 0.00000261. The second kappa shape index (κ2) is 13.7. The molecule has 5 nitrogen and oxygen atoms in total. The number of piperazine rings is 1. The van der Waals surface area contributed by atoms with Crippen LogP contribution in [0, 0.1) is 0 Å². The summed E-state index contributed by atoms with van der Waals surface area (Å²) in [5.41, 5.74) is 8.33. The van der Waals surface area contributed by atoms with Gasteiger partial charge in [-0.25, -0.2) is 0 Å². The van der Waals surface area contributed by atoms with Crippen LogP contribution >= 0.6 is 37.2 Å². The van der Waals surface area contributed by atoms with E-state index in [0.29, 0.717) is 23.8 Å². The minimum Gasteiger partial charge on any atom is -0.399 e. The highest BCUT2D eigenvalue weighted by Gasteiger charge is 2.25. The lowest BCUT2D eigenvalue weighted by molar-refractivity contribution is 0.0866. The van der Waals surface area contributed by atoms with Crippen LogP contribution in [0.1, 0.15) is 28.4 Å². The molecule has 0 saturated carbocycles. The number of anilines is 1. The number of rotatable bonds is 6. The van der Waals surface area contributed by atoms with Crippen LogP contribution in [0.2, 0.25) is 0 Å². The van der Waals surface area contributed by atoms with Gasteiger partial charge in [0.1, 0.15) is 0 Å². The summed E-state index contributed by atoms with van der Waals surface area (Å²) in [4.78, 5) is 17.1. The quantitative estimate of drug-likeness (QED) is 0.509. The Bertz CT molecular complexity index is 733. The number of amides is 1. The van der Waals surface area contributed by atoms with Gasteiger partial charge in [0.05, 0.1) is 0 Å². The van der Waals surface area contributed by atoms with Crippen LogP contribution in [-0.4, -0.2) is 55.5 Å². The number of hydrogen-bond donors (Lipinski definition) is 2. The van der Waals surface area contributed by atoms with Gasteiger partial charge in [0, 0.05) is 50.0 Å². The van der Waals surface area contributed by atoms with Crippen molar-refractivity contribution < 1.29 is 4.79 Å². The topological polar surface area (TPSA) is 61.6 Å². The molecule has 0 spiro atoms. The Morgan fingerprint density at radius 3 is 2.48 bits per heavy atom. The first-order valence-electron chi connectivity index (χ1n) is 9.25. The average Bonchev–Trinajstić information content (AvgIpc) is 2.66. The standard InChI is InChI=1S/C21H28N4O.3ClH/c1-24-13-14-25(20(16-24)17-7-3-2-4-8-17)12-6-11-23-21(26)18-9-5-10-19(22)15-18;;;/h2-5,7-10,15,20H,6,11-14,16,22H2,1H3,(H,23,26);3*1H. The first-order valence-corrected chi connectivity index (χ1v) is 9.25. The lowest BCUT2D eigenvalue weighted by atomic mass is 10.0. The molecule has 1 heterocycles. The second-order valence-electron chi connectivity index (χ2n) is 6.96. The zero-order chi connectivity index (χ0) is 18.4. The lowest BCUT2D eigenvalue weighted by Crippen LogP contribution is -2.47. The smallest absolute Gasteiger partial charge is 0.251 e. The molecular formula is C21H31Cl3N4O. The number of carbonyl (C=O) groups excluding carboxylic acids is 1. The van der Waals surface area contributed by atoms with E-state index in [4.69, 9.17) is 5.73 Å². The first kappa shape index (κ1) is 27.5. The zero-order valence-corrected chi connectivity index (χ0v) is 19.1. The van der Waals surface area contributed by atoms with Crippen LogP contribution in [0.4, 0.5) is 5.69 Å². The summed E-state index contributed by atoms with van der Waals surface area (Å²) in [5, 5.41) is 3.00. The van der Waals surface area contributed by atoms with E-state index >= 15 is 0 Å². The Labute approximate surface area is 192 Å². The summed E-state index contributed by atoms with van der Waals surface area (Å²) >= 11 is 0. The molecule has 162 valence electrons. The highest BCUT2D eigenvalue weighted by atomic mass is 35.5. The van der Waals surface area contributed by atoms with E-state index in [-0.39, 0.29) is 43.1 Å². The molecule has 29 heavy (non-hydrogen) atoms. The van der Waals surface area contributed by atoms with Gasteiger partial charge in [-0.15, -0.1) is 37.2 Å². The minimum atomic E-state index is -0.0599. The van der Waals surface area contributed by atoms with Gasteiger partial charge in [0.2, 0.25) is 0 Å². The molecule has 0 bridgehead atoms. The molecule has 2 aromatic carbocycles. The van der Waals surface area contributed by atoms with E-state index in [1.807, 2.05) is 0 Å². The normalized spacial score (nSPS) is 16.7. The predicted molar refractivity (Wildman–Crippen MR) is 128 cm³/mol. The SMILES string of the molecule is CN1CCN(CCCNC(=O)c2cccc(N)c2)C(c2ccccc2)C1.Cl.Cl.Cl. The number of nitrogens with one attached hydrogen (secondary N) is 1. The molecule has 1 aliphatic rings. The number of nitrogen functional groups attached to an aromatic ring is 1. The Morgan fingerprint density at radius 1 is 1.07 bits per heavy atom. The van der Waals surface area contributed by atoms with Crippen molar-refractivity contribution in [3.05, 3.63) is 65.7 Å². The van der Waals surface area contributed by atoms with E-state index in [0.717, 1.165) is 32.6 Å². The van der Waals surface area contributed by atoms with Gasteiger partial charge >= 0.3 is 0 Å². The van der Waals surface area contributed by atoms with Gasteiger partial charge in [-0.05, 0) is 37.2 Å². The van der Waals surface area contributed by atoms with Crippen LogP contribution in [0.15, 0.2) is 54.6 Å². The van der Waals surface area contributed by atoms with Gasteiger partial charge in [0.15, 0.2) is 0 Å². The summed E-state index contributed by atoms with van der Waals surface area (Å²) in [6.45, 7) is 4.82. The van der Waals surface area contributed by atoms with E-state index < -0.39 is 0 Å².